The minimum Gasteiger partial charge on any atom is -0.481 e. The second-order valence-corrected chi connectivity index (χ2v) is 5.45. The number of carboxylic acids is 1. The van der Waals surface area contributed by atoms with E-state index in [-0.39, 0.29) is 12.8 Å². The Morgan fingerprint density at radius 3 is 2.82 bits per heavy atom. The fraction of sp³-hybridized carbons (Fsp3) is 0.529. The molecule has 0 aromatic carbocycles. The summed E-state index contributed by atoms with van der Waals surface area (Å²) in [7, 11) is 0. The number of unbranched alkanes of at least 4 members (excludes halogenated alkanes) is 2. The van der Waals surface area contributed by atoms with Gasteiger partial charge < -0.3 is 15.3 Å². The Morgan fingerprint density at radius 1 is 1.36 bits per heavy atom. The van der Waals surface area contributed by atoms with Gasteiger partial charge in [-0.3, -0.25) is 9.78 Å². The average molecular weight is 307 g/mol. The monoisotopic (exact) mass is 307 g/mol. The van der Waals surface area contributed by atoms with Crippen molar-refractivity contribution in [3.63, 3.8) is 0 Å². The van der Waals surface area contributed by atoms with Gasteiger partial charge in [-0.15, -0.1) is 0 Å². The molecule has 1 rings (SSSR count). The molecular formula is C17H25NO4. The van der Waals surface area contributed by atoms with Gasteiger partial charge in [0, 0.05) is 18.8 Å². The molecule has 1 aromatic heterocycles. The topological polar surface area (TPSA) is 90.7 Å². The summed E-state index contributed by atoms with van der Waals surface area (Å²) in [4.78, 5) is 14.6. The van der Waals surface area contributed by atoms with E-state index in [9.17, 15) is 15.0 Å². The Bertz CT molecular complexity index is 487. The first-order chi connectivity index (χ1) is 10.5. The highest BCUT2D eigenvalue weighted by Gasteiger charge is 2.13. The summed E-state index contributed by atoms with van der Waals surface area (Å²) in [5, 5.41) is 27.9. The fourth-order valence-corrected chi connectivity index (χ4v) is 2.24. The molecule has 1 heterocycles. The van der Waals surface area contributed by atoms with E-state index >= 15 is 0 Å². The molecule has 2 unspecified atom stereocenters. The normalized spacial score (nSPS) is 14.1. The molecule has 5 heteroatoms. The van der Waals surface area contributed by atoms with Crippen LogP contribution in [-0.2, 0) is 11.2 Å². The zero-order valence-electron chi connectivity index (χ0n) is 13.0. The van der Waals surface area contributed by atoms with Crippen LogP contribution >= 0.6 is 0 Å². The summed E-state index contributed by atoms with van der Waals surface area (Å²) < 4.78 is 0. The molecule has 0 aliphatic heterocycles. The molecule has 122 valence electrons. The van der Waals surface area contributed by atoms with Gasteiger partial charge in [0.1, 0.15) is 0 Å². The van der Waals surface area contributed by atoms with Crippen LogP contribution in [-0.4, -0.2) is 38.5 Å². The number of aliphatic carboxylic acids is 1. The SMILES string of the molecule is CCCCCc1ccncc1C=CC(O)CC(O)CC(=O)O. The van der Waals surface area contributed by atoms with Crippen molar-refractivity contribution < 1.29 is 20.1 Å². The van der Waals surface area contributed by atoms with Crippen LogP contribution in [0.15, 0.2) is 24.5 Å². The van der Waals surface area contributed by atoms with E-state index in [0.29, 0.717) is 0 Å². The highest BCUT2D eigenvalue weighted by atomic mass is 16.4. The summed E-state index contributed by atoms with van der Waals surface area (Å²) in [5.74, 6) is -1.07. The van der Waals surface area contributed by atoms with E-state index in [1.54, 1.807) is 24.5 Å². The van der Waals surface area contributed by atoms with E-state index in [0.717, 1.165) is 24.8 Å². The van der Waals surface area contributed by atoms with Crippen LogP contribution < -0.4 is 0 Å². The molecule has 0 saturated heterocycles. The number of aryl methyl sites for hydroxylation is 1. The number of carbonyl (C=O) groups is 1. The van der Waals surface area contributed by atoms with Crippen molar-refractivity contribution in [3.8, 4) is 0 Å². The highest BCUT2D eigenvalue weighted by molar-refractivity contribution is 5.67. The number of aliphatic hydroxyl groups excluding tert-OH is 2. The quantitative estimate of drug-likeness (QED) is 0.577. The summed E-state index contributed by atoms with van der Waals surface area (Å²) in [6.45, 7) is 2.16. The van der Waals surface area contributed by atoms with Crippen molar-refractivity contribution in [2.75, 3.05) is 0 Å². The molecule has 0 radical (unpaired) electrons. The number of nitrogens with zero attached hydrogens (tertiary/aromatic N) is 1. The molecule has 0 saturated carbocycles. The Hall–Kier alpha value is -1.72. The van der Waals surface area contributed by atoms with Gasteiger partial charge in [0.15, 0.2) is 0 Å². The third-order valence-corrected chi connectivity index (χ3v) is 3.42. The van der Waals surface area contributed by atoms with E-state index in [1.807, 2.05) is 6.07 Å². The fourth-order valence-electron chi connectivity index (χ4n) is 2.24. The lowest BCUT2D eigenvalue weighted by atomic mass is 10.0. The number of aliphatic hydroxyl groups is 2. The first-order valence-corrected chi connectivity index (χ1v) is 7.72. The predicted octanol–water partition coefficient (Wildman–Crippen LogP) is 2.41. The molecule has 0 aliphatic carbocycles. The maximum atomic E-state index is 10.5. The van der Waals surface area contributed by atoms with Gasteiger partial charge in [-0.05, 0) is 30.0 Å². The lowest BCUT2D eigenvalue weighted by molar-refractivity contribution is -0.139. The number of hydrogen-bond acceptors (Lipinski definition) is 4. The first kappa shape index (κ1) is 18.3. The van der Waals surface area contributed by atoms with Crippen LogP contribution in [0.1, 0.15) is 50.2 Å². The van der Waals surface area contributed by atoms with Crippen molar-refractivity contribution >= 4 is 12.0 Å². The third kappa shape index (κ3) is 7.33. The second-order valence-electron chi connectivity index (χ2n) is 5.45. The molecule has 2 atom stereocenters. The van der Waals surface area contributed by atoms with Gasteiger partial charge in [0.25, 0.3) is 0 Å². The molecule has 22 heavy (non-hydrogen) atoms. The zero-order chi connectivity index (χ0) is 16.4. The molecule has 0 amide bonds. The van der Waals surface area contributed by atoms with Crippen LogP contribution in [0.5, 0.6) is 0 Å². The average Bonchev–Trinajstić information content (AvgIpc) is 2.45. The first-order valence-electron chi connectivity index (χ1n) is 7.72. The molecule has 1 aromatic rings. The number of rotatable bonds is 10. The van der Waals surface area contributed by atoms with Crippen LogP contribution in [0, 0.1) is 0 Å². The van der Waals surface area contributed by atoms with Crippen molar-refractivity contribution in [1.29, 1.82) is 0 Å². The minimum atomic E-state index is -1.07. The predicted molar refractivity (Wildman–Crippen MR) is 85.4 cm³/mol. The van der Waals surface area contributed by atoms with Crippen molar-refractivity contribution in [3.05, 3.63) is 35.7 Å². The highest BCUT2D eigenvalue weighted by Crippen LogP contribution is 2.14. The molecule has 5 nitrogen and oxygen atoms in total. The van der Waals surface area contributed by atoms with Gasteiger partial charge in [-0.25, -0.2) is 0 Å². The number of aromatic nitrogens is 1. The number of pyridine rings is 1. The largest absolute Gasteiger partial charge is 0.481 e. The third-order valence-electron chi connectivity index (χ3n) is 3.42. The molecule has 0 bridgehead atoms. The van der Waals surface area contributed by atoms with Gasteiger partial charge in [-0.2, -0.15) is 0 Å². The van der Waals surface area contributed by atoms with E-state index in [4.69, 9.17) is 5.11 Å². The summed E-state index contributed by atoms with van der Waals surface area (Å²) in [6.07, 6.45) is 9.00. The molecular weight excluding hydrogens is 282 g/mol. The smallest absolute Gasteiger partial charge is 0.305 e. The Kier molecular flexibility index (Phi) is 8.40. The lowest BCUT2D eigenvalue weighted by Crippen LogP contribution is -2.19. The Morgan fingerprint density at radius 2 is 2.14 bits per heavy atom. The van der Waals surface area contributed by atoms with E-state index < -0.39 is 18.2 Å². The Labute approximate surface area is 131 Å². The maximum Gasteiger partial charge on any atom is 0.305 e. The van der Waals surface area contributed by atoms with Gasteiger partial charge in [0.05, 0.1) is 18.6 Å². The molecule has 0 fully saturated rings. The van der Waals surface area contributed by atoms with Crippen molar-refractivity contribution in [2.45, 2.75) is 57.7 Å². The van der Waals surface area contributed by atoms with Crippen LogP contribution in [0.4, 0.5) is 0 Å². The molecule has 0 aliphatic rings. The standard InChI is InChI=1S/C17H25NO4/c1-2-3-4-5-13-8-9-18-12-14(13)6-7-15(19)10-16(20)11-17(21)22/h6-9,12,15-16,19-20H,2-5,10-11H2,1H3,(H,21,22). The van der Waals surface area contributed by atoms with Crippen molar-refractivity contribution in [2.24, 2.45) is 0 Å². The zero-order valence-corrected chi connectivity index (χ0v) is 13.0. The van der Waals surface area contributed by atoms with E-state index in [1.165, 1.54) is 12.0 Å². The maximum absolute atomic E-state index is 10.5. The number of hydrogen-bond donors (Lipinski definition) is 3. The summed E-state index contributed by atoms with van der Waals surface area (Å²) in [6, 6.07) is 1.97. The van der Waals surface area contributed by atoms with Gasteiger partial charge in [0.2, 0.25) is 0 Å². The van der Waals surface area contributed by atoms with Gasteiger partial charge in [-0.1, -0.05) is 31.9 Å². The van der Waals surface area contributed by atoms with Crippen LogP contribution in [0.25, 0.3) is 6.08 Å². The summed E-state index contributed by atoms with van der Waals surface area (Å²) in [5.41, 5.74) is 2.13. The Balaban J connectivity index is 2.59. The van der Waals surface area contributed by atoms with E-state index in [2.05, 4.69) is 11.9 Å². The number of carboxylic acid groups (broad SMARTS) is 1. The molecule has 0 spiro atoms. The van der Waals surface area contributed by atoms with Crippen LogP contribution in [0.3, 0.4) is 0 Å². The second kappa shape index (κ2) is 10.1. The van der Waals surface area contributed by atoms with Crippen LogP contribution in [0.2, 0.25) is 0 Å². The van der Waals surface area contributed by atoms with Gasteiger partial charge >= 0.3 is 5.97 Å². The van der Waals surface area contributed by atoms with Crippen molar-refractivity contribution in [1.82, 2.24) is 4.98 Å². The molecule has 3 N–H and O–H groups in total. The lowest BCUT2D eigenvalue weighted by Gasteiger charge is -2.11. The summed E-state index contributed by atoms with van der Waals surface area (Å²) >= 11 is 0. The minimum absolute atomic E-state index is 0.00816.